The van der Waals surface area contributed by atoms with Crippen molar-refractivity contribution >= 4 is 23.3 Å². The number of benzene rings is 3. The number of carbonyl (C=O) groups excluding carboxylic acids is 1. The highest BCUT2D eigenvalue weighted by Gasteiger charge is 2.36. The summed E-state index contributed by atoms with van der Waals surface area (Å²) < 4.78 is 4.13. The van der Waals surface area contributed by atoms with Crippen LogP contribution in [0.25, 0.3) is 11.5 Å². The third-order valence-electron chi connectivity index (χ3n) is 7.16. The minimum absolute atomic E-state index is 0.177. The molecule has 38 heavy (non-hydrogen) atoms. The number of fused-ring (bicyclic) bond motifs is 3. The van der Waals surface area contributed by atoms with Crippen LogP contribution < -0.4 is 5.32 Å². The third kappa shape index (κ3) is 4.17. The summed E-state index contributed by atoms with van der Waals surface area (Å²) in [5.41, 5.74) is 7.77. The van der Waals surface area contributed by atoms with E-state index in [-0.39, 0.29) is 12.1 Å². The Kier molecular flexibility index (Phi) is 6.04. The van der Waals surface area contributed by atoms with Gasteiger partial charge < -0.3 is 14.8 Å². The molecular weight excluding hydrogens is 494 g/mol. The van der Waals surface area contributed by atoms with Gasteiger partial charge in [-0.05, 0) is 74.4 Å². The molecule has 0 spiro atoms. The quantitative estimate of drug-likeness (QED) is 0.269. The van der Waals surface area contributed by atoms with Crippen molar-refractivity contribution in [1.29, 1.82) is 0 Å². The van der Waals surface area contributed by atoms with Gasteiger partial charge in [0.25, 0.3) is 0 Å². The van der Waals surface area contributed by atoms with Gasteiger partial charge in [0, 0.05) is 22.5 Å². The number of aryl methyl sites for hydroxylation is 3. The molecule has 1 N–H and O–H groups in total. The van der Waals surface area contributed by atoms with Gasteiger partial charge >= 0.3 is 6.03 Å². The fraction of sp³-hybridized carbons (Fsp3) is 0.161. The number of nitrogens with zero attached hydrogens (tertiary/aromatic N) is 4. The zero-order chi connectivity index (χ0) is 26.4. The van der Waals surface area contributed by atoms with Crippen LogP contribution in [0.15, 0.2) is 91.1 Å². The number of rotatable bonds is 3. The third-order valence-corrected chi connectivity index (χ3v) is 7.41. The van der Waals surface area contributed by atoms with Crippen molar-refractivity contribution < 1.29 is 4.79 Å². The molecule has 0 aliphatic carbocycles. The monoisotopic (exact) mass is 521 g/mol. The maximum atomic E-state index is 14.1. The normalized spacial score (nSPS) is 14.5. The van der Waals surface area contributed by atoms with Gasteiger partial charge in [0.05, 0.1) is 29.7 Å². The van der Waals surface area contributed by atoms with Gasteiger partial charge in [0.2, 0.25) is 0 Å². The second-order valence-corrected chi connectivity index (χ2v) is 10.2. The molecule has 0 saturated carbocycles. The SMILES string of the molecule is Cc1ccc(NC(=O)N2Cc3c(C)nn(-c4ccccc4)c3-n3cccc3C2c2ccc(Cl)cc2)c(C)c1. The fourth-order valence-corrected chi connectivity index (χ4v) is 5.41. The summed E-state index contributed by atoms with van der Waals surface area (Å²) in [6.45, 7) is 6.45. The van der Waals surface area contributed by atoms with Gasteiger partial charge in [0.1, 0.15) is 5.82 Å². The van der Waals surface area contributed by atoms with E-state index in [4.69, 9.17) is 16.7 Å². The average Bonchev–Trinajstić information content (AvgIpc) is 3.47. The van der Waals surface area contributed by atoms with Crippen LogP contribution in [0.4, 0.5) is 10.5 Å². The molecule has 6 nitrogen and oxygen atoms in total. The predicted molar refractivity (Wildman–Crippen MR) is 151 cm³/mol. The van der Waals surface area contributed by atoms with E-state index >= 15 is 0 Å². The number of hydrogen-bond donors (Lipinski definition) is 1. The summed E-state index contributed by atoms with van der Waals surface area (Å²) >= 11 is 6.25. The van der Waals surface area contributed by atoms with Gasteiger partial charge in [-0.1, -0.05) is 59.6 Å². The Morgan fingerprint density at radius 2 is 1.71 bits per heavy atom. The molecule has 0 bridgehead atoms. The van der Waals surface area contributed by atoms with E-state index in [2.05, 4.69) is 22.0 Å². The number of halogens is 1. The lowest BCUT2D eigenvalue weighted by Gasteiger charge is -2.31. The lowest BCUT2D eigenvalue weighted by Crippen LogP contribution is -2.38. The number of para-hydroxylation sites is 1. The van der Waals surface area contributed by atoms with Gasteiger partial charge in [-0.15, -0.1) is 0 Å². The number of amides is 2. The molecule has 190 valence electrons. The van der Waals surface area contributed by atoms with Gasteiger partial charge in [0.15, 0.2) is 0 Å². The van der Waals surface area contributed by atoms with Crippen LogP contribution in [0.3, 0.4) is 0 Å². The summed E-state index contributed by atoms with van der Waals surface area (Å²) in [4.78, 5) is 16.0. The highest BCUT2D eigenvalue weighted by Crippen LogP contribution is 2.39. The van der Waals surface area contributed by atoms with E-state index in [1.54, 1.807) is 0 Å². The van der Waals surface area contributed by atoms with Crippen molar-refractivity contribution in [1.82, 2.24) is 19.2 Å². The smallest absolute Gasteiger partial charge is 0.308 e. The van der Waals surface area contributed by atoms with Crippen LogP contribution in [0.5, 0.6) is 0 Å². The van der Waals surface area contributed by atoms with Crippen molar-refractivity contribution in [3.63, 3.8) is 0 Å². The lowest BCUT2D eigenvalue weighted by molar-refractivity contribution is 0.194. The molecule has 0 saturated heterocycles. The van der Waals surface area contributed by atoms with Gasteiger partial charge in [-0.25, -0.2) is 9.48 Å². The highest BCUT2D eigenvalue weighted by molar-refractivity contribution is 6.30. The van der Waals surface area contributed by atoms with E-state index in [0.717, 1.165) is 50.8 Å². The molecule has 1 unspecified atom stereocenters. The molecule has 2 aromatic heterocycles. The molecule has 5 aromatic rings. The number of hydrogen-bond acceptors (Lipinski definition) is 2. The molecule has 3 aromatic carbocycles. The van der Waals surface area contributed by atoms with Gasteiger partial charge in [-0.3, -0.25) is 0 Å². The number of carbonyl (C=O) groups is 1. The first-order valence-corrected chi connectivity index (χ1v) is 13.0. The van der Waals surface area contributed by atoms with E-state index in [1.807, 2.05) is 109 Å². The first kappa shape index (κ1) is 24.1. The maximum absolute atomic E-state index is 14.1. The van der Waals surface area contributed by atoms with Crippen molar-refractivity contribution in [2.24, 2.45) is 0 Å². The van der Waals surface area contributed by atoms with Crippen LogP contribution in [-0.4, -0.2) is 25.3 Å². The molecular formula is C31H28ClN5O. The van der Waals surface area contributed by atoms with Crippen LogP contribution in [0, 0.1) is 20.8 Å². The van der Waals surface area contributed by atoms with Crippen molar-refractivity contribution in [3.05, 3.63) is 130 Å². The first-order chi connectivity index (χ1) is 18.4. The first-order valence-electron chi connectivity index (χ1n) is 12.6. The molecule has 2 amide bonds. The summed E-state index contributed by atoms with van der Waals surface area (Å²) in [6, 6.07) is 27.5. The Balaban J connectivity index is 1.53. The number of aromatic nitrogens is 3. The van der Waals surface area contributed by atoms with Crippen molar-refractivity contribution in [2.45, 2.75) is 33.4 Å². The minimum atomic E-state index is -0.343. The minimum Gasteiger partial charge on any atom is -0.308 e. The molecule has 1 aliphatic rings. The zero-order valence-electron chi connectivity index (χ0n) is 21.5. The topological polar surface area (TPSA) is 55.1 Å². The zero-order valence-corrected chi connectivity index (χ0v) is 22.3. The van der Waals surface area contributed by atoms with E-state index in [1.165, 1.54) is 0 Å². The fourth-order valence-electron chi connectivity index (χ4n) is 5.29. The Bertz CT molecular complexity index is 1640. The number of anilines is 1. The van der Waals surface area contributed by atoms with Gasteiger partial charge in [-0.2, -0.15) is 5.10 Å². The van der Waals surface area contributed by atoms with Crippen LogP contribution in [0.1, 0.15) is 39.7 Å². The maximum Gasteiger partial charge on any atom is 0.322 e. The molecule has 0 fully saturated rings. The summed E-state index contributed by atoms with van der Waals surface area (Å²) in [5.74, 6) is 0.939. The predicted octanol–water partition coefficient (Wildman–Crippen LogP) is 7.38. The summed E-state index contributed by atoms with van der Waals surface area (Å²) in [5, 5.41) is 8.75. The van der Waals surface area contributed by atoms with Crippen molar-refractivity contribution in [2.75, 3.05) is 5.32 Å². The van der Waals surface area contributed by atoms with E-state index in [0.29, 0.717) is 11.6 Å². The molecule has 7 heteroatoms. The molecule has 6 rings (SSSR count). The second kappa shape index (κ2) is 9.54. The van der Waals surface area contributed by atoms with Crippen molar-refractivity contribution in [3.8, 4) is 11.5 Å². The van der Waals surface area contributed by atoms with E-state index in [9.17, 15) is 4.79 Å². The number of urea groups is 1. The largest absolute Gasteiger partial charge is 0.322 e. The Hall–Kier alpha value is -4.29. The molecule has 0 radical (unpaired) electrons. The number of nitrogens with one attached hydrogen (secondary N) is 1. The Labute approximate surface area is 227 Å². The summed E-state index contributed by atoms with van der Waals surface area (Å²) in [7, 11) is 0. The average molecular weight is 522 g/mol. The van der Waals surface area contributed by atoms with Crippen LogP contribution in [-0.2, 0) is 6.54 Å². The summed E-state index contributed by atoms with van der Waals surface area (Å²) in [6.07, 6.45) is 2.04. The second-order valence-electron chi connectivity index (χ2n) is 9.77. The van der Waals surface area contributed by atoms with Crippen LogP contribution >= 0.6 is 11.6 Å². The highest BCUT2D eigenvalue weighted by atomic mass is 35.5. The molecule has 1 aliphatic heterocycles. The van der Waals surface area contributed by atoms with E-state index < -0.39 is 0 Å². The Morgan fingerprint density at radius 1 is 0.947 bits per heavy atom. The lowest BCUT2D eigenvalue weighted by atomic mass is 10.0. The van der Waals surface area contributed by atoms with Crippen LogP contribution in [0.2, 0.25) is 5.02 Å². The molecule has 3 heterocycles. The standard InChI is InChI=1S/C31H28ClN5O/c1-20-11-16-27(21(2)18-20)33-31(38)36-19-26-22(3)34-37(25-8-5-4-6-9-25)30(26)35-17-7-10-28(35)29(36)23-12-14-24(32)15-13-23/h4-18,29H,19H2,1-3H3,(H,33,38). The molecule has 1 atom stereocenters. The Morgan fingerprint density at radius 3 is 2.45 bits per heavy atom.